The van der Waals surface area contributed by atoms with Crippen LogP contribution in [-0.4, -0.2) is 4.98 Å². The molecule has 0 N–H and O–H groups in total. The fourth-order valence-corrected chi connectivity index (χ4v) is 3.35. The smallest absolute Gasteiger partial charge is 0.212 e. The van der Waals surface area contributed by atoms with Gasteiger partial charge in [0.05, 0.1) is 0 Å². The van der Waals surface area contributed by atoms with E-state index < -0.39 is 5.95 Å². The van der Waals surface area contributed by atoms with Crippen molar-refractivity contribution >= 4 is 11.3 Å². The second-order valence-corrected chi connectivity index (χ2v) is 6.41. The molecule has 0 aliphatic rings. The van der Waals surface area contributed by atoms with Gasteiger partial charge in [0.1, 0.15) is 0 Å². The Morgan fingerprint density at radius 2 is 1.78 bits per heavy atom. The Kier molecular flexibility index (Phi) is 6.05. The van der Waals surface area contributed by atoms with E-state index in [9.17, 15) is 4.39 Å². The van der Waals surface area contributed by atoms with Crippen molar-refractivity contribution in [1.82, 2.24) is 4.98 Å². The van der Waals surface area contributed by atoms with Gasteiger partial charge in [0.25, 0.3) is 0 Å². The van der Waals surface area contributed by atoms with Gasteiger partial charge in [-0.05, 0) is 49.2 Å². The molecule has 0 aliphatic carbocycles. The molecule has 1 aromatic carbocycles. The van der Waals surface area contributed by atoms with E-state index in [4.69, 9.17) is 0 Å². The topological polar surface area (TPSA) is 12.9 Å². The van der Waals surface area contributed by atoms with Gasteiger partial charge in [0.2, 0.25) is 5.95 Å². The first kappa shape index (κ1) is 17.4. The number of benzene rings is 1. The monoisotopic (exact) mass is 327 g/mol. The molecule has 120 valence electrons. The molecular formula is C20H22FNS. The number of nitrogens with zero attached hydrogens (tertiary/aromatic N) is 1. The van der Waals surface area contributed by atoms with Gasteiger partial charge < -0.3 is 0 Å². The van der Waals surface area contributed by atoms with Crippen LogP contribution in [0.3, 0.4) is 0 Å². The molecular weight excluding hydrogens is 305 g/mol. The standard InChI is InChI=1S/C18H16FNS.C2H6/c1-12-3-4-13(2)15(9-12)10-16-6-7-17(21-16)14-5-8-18(19)20-11-14;1-2/h3-9,11H,10H2,1-2H3;1-2H3. The first-order valence-corrected chi connectivity index (χ1v) is 8.70. The summed E-state index contributed by atoms with van der Waals surface area (Å²) in [5.74, 6) is -0.439. The van der Waals surface area contributed by atoms with E-state index in [1.165, 1.54) is 27.6 Å². The van der Waals surface area contributed by atoms with Gasteiger partial charge in [0, 0.05) is 27.9 Å². The van der Waals surface area contributed by atoms with Crippen molar-refractivity contribution in [2.75, 3.05) is 0 Å². The Morgan fingerprint density at radius 3 is 2.48 bits per heavy atom. The molecule has 0 atom stereocenters. The molecule has 2 aromatic heterocycles. The summed E-state index contributed by atoms with van der Waals surface area (Å²) in [6.07, 6.45) is 2.52. The molecule has 1 nitrogen and oxygen atoms in total. The summed E-state index contributed by atoms with van der Waals surface area (Å²) in [5.41, 5.74) is 4.93. The number of thiophene rings is 1. The maximum atomic E-state index is 12.9. The van der Waals surface area contributed by atoms with Crippen LogP contribution in [0.5, 0.6) is 0 Å². The lowest BCUT2D eigenvalue weighted by molar-refractivity contribution is 0.584. The molecule has 2 heterocycles. The van der Waals surface area contributed by atoms with E-state index in [1.807, 2.05) is 13.8 Å². The zero-order valence-electron chi connectivity index (χ0n) is 14.1. The number of pyridine rings is 1. The molecule has 3 aromatic rings. The lowest BCUT2D eigenvalue weighted by atomic mass is 10.0. The van der Waals surface area contributed by atoms with Crippen LogP contribution in [0.4, 0.5) is 4.39 Å². The van der Waals surface area contributed by atoms with Crippen LogP contribution >= 0.6 is 11.3 Å². The minimum absolute atomic E-state index is 0.439. The Labute approximate surface area is 141 Å². The average molecular weight is 327 g/mol. The largest absolute Gasteiger partial charge is 0.228 e. The van der Waals surface area contributed by atoms with Crippen molar-refractivity contribution in [3.63, 3.8) is 0 Å². The first-order chi connectivity index (χ1) is 11.1. The van der Waals surface area contributed by atoms with Crippen LogP contribution in [0.15, 0.2) is 48.7 Å². The summed E-state index contributed by atoms with van der Waals surface area (Å²) in [6.45, 7) is 8.26. The number of rotatable bonds is 3. The maximum absolute atomic E-state index is 12.9. The fraction of sp³-hybridized carbons (Fsp3) is 0.250. The molecule has 0 radical (unpaired) electrons. The summed E-state index contributed by atoms with van der Waals surface area (Å²) in [7, 11) is 0. The highest BCUT2D eigenvalue weighted by molar-refractivity contribution is 7.15. The zero-order valence-corrected chi connectivity index (χ0v) is 14.9. The minimum Gasteiger partial charge on any atom is -0.228 e. The summed E-state index contributed by atoms with van der Waals surface area (Å²) >= 11 is 1.74. The highest BCUT2D eigenvalue weighted by Gasteiger charge is 2.06. The summed E-state index contributed by atoms with van der Waals surface area (Å²) < 4.78 is 12.9. The number of hydrogen-bond acceptors (Lipinski definition) is 2. The van der Waals surface area contributed by atoms with E-state index in [1.54, 1.807) is 23.6 Å². The van der Waals surface area contributed by atoms with Gasteiger partial charge in [-0.2, -0.15) is 4.39 Å². The SMILES string of the molecule is CC.Cc1ccc(C)c(Cc2ccc(-c3ccc(F)nc3)s2)c1. The van der Waals surface area contributed by atoms with Gasteiger partial charge in [-0.15, -0.1) is 11.3 Å². The second kappa shape index (κ2) is 8.02. The van der Waals surface area contributed by atoms with E-state index in [0.717, 1.165) is 16.9 Å². The summed E-state index contributed by atoms with van der Waals surface area (Å²) in [6, 6.07) is 14.0. The van der Waals surface area contributed by atoms with Gasteiger partial charge in [0.15, 0.2) is 0 Å². The van der Waals surface area contributed by atoms with Crippen molar-refractivity contribution < 1.29 is 4.39 Å². The molecule has 0 unspecified atom stereocenters. The van der Waals surface area contributed by atoms with E-state index in [0.29, 0.717) is 0 Å². The molecule has 3 heteroatoms. The van der Waals surface area contributed by atoms with Crippen LogP contribution in [-0.2, 0) is 6.42 Å². The number of hydrogen-bond donors (Lipinski definition) is 0. The predicted molar refractivity (Wildman–Crippen MR) is 97.6 cm³/mol. The lowest BCUT2D eigenvalue weighted by Gasteiger charge is -2.05. The van der Waals surface area contributed by atoms with Crippen LogP contribution in [0.1, 0.15) is 35.4 Å². The zero-order chi connectivity index (χ0) is 16.8. The van der Waals surface area contributed by atoms with Crippen LogP contribution < -0.4 is 0 Å². The van der Waals surface area contributed by atoms with Crippen molar-refractivity contribution in [3.05, 3.63) is 76.2 Å². The fourth-order valence-electron chi connectivity index (χ4n) is 2.33. The van der Waals surface area contributed by atoms with E-state index in [2.05, 4.69) is 49.2 Å². The van der Waals surface area contributed by atoms with Gasteiger partial charge >= 0.3 is 0 Å². The highest BCUT2D eigenvalue weighted by Crippen LogP contribution is 2.29. The molecule has 0 amide bonds. The molecule has 0 bridgehead atoms. The third kappa shape index (κ3) is 4.49. The van der Waals surface area contributed by atoms with Crippen molar-refractivity contribution in [1.29, 1.82) is 0 Å². The molecule has 0 spiro atoms. The Bertz CT molecular complexity index is 760. The molecule has 0 aliphatic heterocycles. The molecule has 3 rings (SSSR count). The average Bonchev–Trinajstić information content (AvgIpc) is 3.02. The maximum Gasteiger partial charge on any atom is 0.212 e. The molecule has 0 saturated heterocycles. The Balaban J connectivity index is 0.000000924. The van der Waals surface area contributed by atoms with Gasteiger partial charge in [-0.3, -0.25) is 0 Å². The predicted octanol–water partition coefficient (Wildman–Crippen LogP) is 6.18. The van der Waals surface area contributed by atoms with Gasteiger partial charge in [-0.1, -0.05) is 37.6 Å². The normalized spacial score (nSPS) is 10.1. The third-order valence-electron chi connectivity index (χ3n) is 3.54. The van der Waals surface area contributed by atoms with Gasteiger partial charge in [-0.25, -0.2) is 4.98 Å². The van der Waals surface area contributed by atoms with E-state index in [-0.39, 0.29) is 0 Å². The summed E-state index contributed by atoms with van der Waals surface area (Å²) in [5, 5.41) is 0. The number of aryl methyl sites for hydroxylation is 2. The second-order valence-electron chi connectivity index (χ2n) is 5.24. The van der Waals surface area contributed by atoms with Crippen LogP contribution in [0, 0.1) is 19.8 Å². The van der Waals surface area contributed by atoms with Crippen molar-refractivity contribution in [3.8, 4) is 10.4 Å². The lowest BCUT2D eigenvalue weighted by Crippen LogP contribution is -1.90. The number of halogens is 1. The highest BCUT2D eigenvalue weighted by atomic mass is 32.1. The molecule has 0 saturated carbocycles. The van der Waals surface area contributed by atoms with Crippen molar-refractivity contribution in [2.45, 2.75) is 34.1 Å². The van der Waals surface area contributed by atoms with Crippen molar-refractivity contribution in [2.24, 2.45) is 0 Å². The summed E-state index contributed by atoms with van der Waals surface area (Å²) in [4.78, 5) is 6.15. The molecule has 23 heavy (non-hydrogen) atoms. The number of aromatic nitrogens is 1. The third-order valence-corrected chi connectivity index (χ3v) is 4.68. The first-order valence-electron chi connectivity index (χ1n) is 7.88. The Morgan fingerprint density at radius 1 is 1.00 bits per heavy atom. The quantitative estimate of drug-likeness (QED) is 0.523. The molecule has 0 fully saturated rings. The minimum atomic E-state index is -0.439. The van der Waals surface area contributed by atoms with Crippen LogP contribution in [0.2, 0.25) is 0 Å². The van der Waals surface area contributed by atoms with E-state index >= 15 is 0 Å². The van der Waals surface area contributed by atoms with Crippen LogP contribution in [0.25, 0.3) is 10.4 Å². The Hall–Kier alpha value is -2.00.